The Bertz CT molecular complexity index is 737. The summed E-state index contributed by atoms with van der Waals surface area (Å²) in [6.45, 7) is 2.07. The molecule has 2 aromatic carbocycles. The van der Waals surface area contributed by atoms with Gasteiger partial charge in [-0.2, -0.15) is 0 Å². The average Bonchev–Trinajstić information content (AvgIpc) is 2.96. The van der Waals surface area contributed by atoms with Crippen LogP contribution in [-0.4, -0.2) is 15.2 Å². The second-order valence-electron chi connectivity index (χ2n) is 4.70. The Kier molecular flexibility index (Phi) is 4.27. The lowest BCUT2D eigenvalue weighted by molar-refractivity contribution is 0.973. The highest BCUT2D eigenvalue weighted by Crippen LogP contribution is 2.24. The van der Waals surface area contributed by atoms with E-state index < -0.39 is 0 Å². The molecule has 0 bridgehead atoms. The minimum atomic E-state index is 0.753. The third kappa shape index (κ3) is 3.46. The van der Waals surface area contributed by atoms with Crippen LogP contribution >= 0.6 is 23.4 Å². The molecule has 0 aliphatic rings. The molecule has 0 spiro atoms. The SMILES string of the molecule is Cc1ccccc1-c1nc(SCc2ccc(Cl)cc2)n[nH]1. The standard InChI is InChI=1S/C16H14ClN3S/c1-11-4-2-3-5-14(11)15-18-16(20-19-15)21-10-12-6-8-13(17)9-7-12/h2-9H,10H2,1H3,(H,18,19,20). The van der Waals surface area contributed by atoms with Gasteiger partial charge >= 0.3 is 0 Å². The summed E-state index contributed by atoms with van der Waals surface area (Å²) in [6, 6.07) is 16.0. The topological polar surface area (TPSA) is 41.6 Å². The highest BCUT2D eigenvalue weighted by Gasteiger charge is 2.08. The predicted octanol–water partition coefficient (Wildman–Crippen LogP) is 4.73. The molecule has 0 radical (unpaired) electrons. The van der Waals surface area contributed by atoms with E-state index in [-0.39, 0.29) is 0 Å². The maximum Gasteiger partial charge on any atom is 0.209 e. The number of halogens is 1. The number of nitrogens with one attached hydrogen (secondary N) is 1. The molecule has 21 heavy (non-hydrogen) atoms. The number of rotatable bonds is 4. The fourth-order valence-electron chi connectivity index (χ4n) is 2.00. The smallest absolute Gasteiger partial charge is 0.209 e. The Hall–Kier alpha value is -1.78. The fraction of sp³-hybridized carbons (Fsp3) is 0.125. The second kappa shape index (κ2) is 6.33. The van der Waals surface area contributed by atoms with Crippen molar-refractivity contribution in [1.82, 2.24) is 15.2 Å². The Morgan fingerprint density at radius 2 is 1.86 bits per heavy atom. The summed E-state index contributed by atoms with van der Waals surface area (Å²) < 4.78 is 0. The Labute approximate surface area is 132 Å². The van der Waals surface area contributed by atoms with Crippen molar-refractivity contribution in [2.45, 2.75) is 17.8 Å². The number of aromatic amines is 1. The van der Waals surface area contributed by atoms with E-state index in [0.29, 0.717) is 0 Å². The summed E-state index contributed by atoms with van der Waals surface area (Å²) in [7, 11) is 0. The number of hydrogen-bond donors (Lipinski definition) is 1. The lowest BCUT2D eigenvalue weighted by Crippen LogP contribution is -1.84. The summed E-state index contributed by atoms with van der Waals surface area (Å²) in [5.74, 6) is 1.63. The van der Waals surface area contributed by atoms with E-state index in [4.69, 9.17) is 11.6 Å². The maximum atomic E-state index is 5.88. The van der Waals surface area contributed by atoms with Crippen LogP contribution in [0.1, 0.15) is 11.1 Å². The first-order chi connectivity index (χ1) is 10.2. The van der Waals surface area contributed by atoms with Crippen molar-refractivity contribution < 1.29 is 0 Å². The first-order valence-electron chi connectivity index (χ1n) is 6.58. The Morgan fingerprint density at radius 3 is 2.62 bits per heavy atom. The average molecular weight is 316 g/mol. The molecule has 0 aliphatic carbocycles. The monoisotopic (exact) mass is 315 g/mol. The highest BCUT2D eigenvalue weighted by atomic mass is 35.5. The van der Waals surface area contributed by atoms with Gasteiger partial charge in [-0.25, -0.2) is 4.98 Å². The van der Waals surface area contributed by atoms with Gasteiger partial charge in [-0.1, -0.05) is 59.8 Å². The molecule has 0 fully saturated rings. The van der Waals surface area contributed by atoms with Gasteiger partial charge < -0.3 is 0 Å². The van der Waals surface area contributed by atoms with E-state index in [1.165, 1.54) is 11.1 Å². The number of hydrogen-bond acceptors (Lipinski definition) is 3. The molecule has 0 atom stereocenters. The van der Waals surface area contributed by atoms with Gasteiger partial charge in [0.25, 0.3) is 0 Å². The van der Waals surface area contributed by atoms with E-state index in [9.17, 15) is 0 Å². The molecular formula is C16H14ClN3S. The lowest BCUT2D eigenvalue weighted by Gasteiger charge is -2.00. The van der Waals surface area contributed by atoms with E-state index >= 15 is 0 Å². The van der Waals surface area contributed by atoms with Gasteiger partial charge in [0.1, 0.15) is 0 Å². The molecule has 1 heterocycles. The number of thioether (sulfide) groups is 1. The zero-order chi connectivity index (χ0) is 14.7. The summed E-state index contributed by atoms with van der Waals surface area (Å²) in [6.07, 6.45) is 0. The van der Waals surface area contributed by atoms with Crippen molar-refractivity contribution in [3.63, 3.8) is 0 Å². The number of aromatic nitrogens is 3. The van der Waals surface area contributed by atoms with E-state index in [0.717, 1.165) is 27.3 Å². The van der Waals surface area contributed by atoms with Crippen LogP contribution in [0, 0.1) is 6.92 Å². The summed E-state index contributed by atoms with van der Waals surface area (Å²) in [5.41, 5.74) is 3.47. The number of benzene rings is 2. The molecule has 1 aromatic heterocycles. The second-order valence-corrected chi connectivity index (χ2v) is 6.08. The van der Waals surface area contributed by atoms with Gasteiger partial charge in [0, 0.05) is 16.3 Å². The molecule has 3 rings (SSSR count). The molecule has 0 amide bonds. The van der Waals surface area contributed by atoms with Crippen LogP contribution in [0.5, 0.6) is 0 Å². The van der Waals surface area contributed by atoms with Crippen LogP contribution < -0.4 is 0 Å². The highest BCUT2D eigenvalue weighted by molar-refractivity contribution is 7.98. The lowest BCUT2D eigenvalue weighted by atomic mass is 10.1. The van der Waals surface area contributed by atoms with Gasteiger partial charge in [-0.15, -0.1) is 5.10 Å². The maximum absolute atomic E-state index is 5.88. The quantitative estimate of drug-likeness (QED) is 0.708. The largest absolute Gasteiger partial charge is 0.258 e. The van der Waals surface area contributed by atoms with Gasteiger partial charge in [0.2, 0.25) is 5.16 Å². The van der Waals surface area contributed by atoms with Crippen LogP contribution in [-0.2, 0) is 5.75 Å². The first-order valence-corrected chi connectivity index (χ1v) is 7.94. The van der Waals surface area contributed by atoms with Crippen LogP contribution in [0.25, 0.3) is 11.4 Å². The third-order valence-corrected chi connectivity index (χ3v) is 4.32. The molecule has 0 saturated carbocycles. The van der Waals surface area contributed by atoms with Crippen LogP contribution in [0.15, 0.2) is 53.7 Å². The van der Waals surface area contributed by atoms with Crippen molar-refractivity contribution in [2.75, 3.05) is 0 Å². The third-order valence-electron chi connectivity index (χ3n) is 3.15. The summed E-state index contributed by atoms with van der Waals surface area (Å²) in [5, 5.41) is 8.78. The number of nitrogens with zero attached hydrogens (tertiary/aromatic N) is 2. The van der Waals surface area contributed by atoms with Crippen molar-refractivity contribution in [3.8, 4) is 11.4 Å². The minimum Gasteiger partial charge on any atom is -0.258 e. The number of aryl methyl sites for hydroxylation is 1. The predicted molar refractivity (Wildman–Crippen MR) is 87.6 cm³/mol. The molecule has 3 aromatic rings. The molecule has 0 saturated heterocycles. The molecule has 0 aliphatic heterocycles. The fourth-order valence-corrected chi connectivity index (χ4v) is 2.88. The Morgan fingerprint density at radius 1 is 1.10 bits per heavy atom. The normalized spacial score (nSPS) is 10.8. The summed E-state index contributed by atoms with van der Waals surface area (Å²) in [4.78, 5) is 4.54. The minimum absolute atomic E-state index is 0.753. The zero-order valence-electron chi connectivity index (χ0n) is 11.5. The van der Waals surface area contributed by atoms with Crippen molar-refractivity contribution in [1.29, 1.82) is 0 Å². The van der Waals surface area contributed by atoms with E-state index in [1.54, 1.807) is 11.8 Å². The summed E-state index contributed by atoms with van der Waals surface area (Å²) >= 11 is 7.48. The van der Waals surface area contributed by atoms with Crippen LogP contribution in [0.3, 0.4) is 0 Å². The molecule has 3 nitrogen and oxygen atoms in total. The van der Waals surface area contributed by atoms with E-state index in [1.807, 2.05) is 42.5 Å². The van der Waals surface area contributed by atoms with Crippen molar-refractivity contribution >= 4 is 23.4 Å². The van der Waals surface area contributed by atoms with Gasteiger partial charge in [-0.3, -0.25) is 5.10 Å². The van der Waals surface area contributed by atoms with Crippen LogP contribution in [0.2, 0.25) is 5.02 Å². The van der Waals surface area contributed by atoms with Gasteiger partial charge in [0.15, 0.2) is 5.82 Å². The van der Waals surface area contributed by atoms with Gasteiger partial charge in [-0.05, 0) is 30.2 Å². The molecule has 106 valence electrons. The van der Waals surface area contributed by atoms with Crippen LogP contribution in [0.4, 0.5) is 0 Å². The number of H-pyrrole nitrogens is 1. The van der Waals surface area contributed by atoms with E-state index in [2.05, 4.69) is 28.2 Å². The molecule has 0 unspecified atom stereocenters. The zero-order valence-corrected chi connectivity index (χ0v) is 13.1. The van der Waals surface area contributed by atoms with Gasteiger partial charge in [0.05, 0.1) is 0 Å². The molecule has 1 N–H and O–H groups in total. The molecular weight excluding hydrogens is 302 g/mol. The van der Waals surface area contributed by atoms with Crippen molar-refractivity contribution in [2.24, 2.45) is 0 Å². The first kappa shape index (κ1) is 14.2. The van der Waals surface area contributed by atoms with Crippen molar-refractivity contribution in [3.05, 3.63) is 64.7 Å². The molecule has 5 heteroatoms. The Balaban J connectivity index is 1.71.